The second-order valence-corrected chi connectivity index (χ2v) is 5.83. The van der Waals surface area contributed by atoms with Crippen LogP contribution in [0, 0.1) is 23.7 Å². The maximum atomic E-state index is 4.19. The number of rotatable bonds is 1. The van der Waals surface area contributed by atoms with Crippen LogP contribution in [0.25, 0.3) is 0 Å². The molecule has 0 heterocycles. The fraction of sp³-hybridized carbons (Fsp3) is 0.733. The number of fused-ring (bicyclic) bond motifs is 1. The summed E-state index contributed by atoms with van der Waals surface area (Å²) in [5.41, 5.74) is 2.89. The normalized spacial score (nSPS) is 41.1. The van der Waals surface area contributed by atoms with Crippen molar-refractivity contribution in [1.29, 1.82) is 0 Å². The van der Waals surface area contributed by atoms with Gasteiger partial charge in [0.25, 0.3) is 0 Å². The zero-order chi connectivity index (χ0) is 11.0. The summed E-state index contributed by atoms with van der Waals surface area (Å²) >= 11 is 0. The summed E-state index contributed by atoms with van der Waals surface area (Å²) in [6.45, 7) is 13.0. The minimum absolute atomic E-state index is 0.781. The highest BCUT2D eigenvalue weighted by molar-refractivity contribution is 5.11. The Hall–Kier alpha value is -0.520. The highest BCUT2D eigenvalue weighted by Crippen LogP contribution is 2.49. The molecule has 0 aliphatic heterocycles. The molecular formula is C15H24. The van der Waals surface area contributed by atoms with E-state index in [4.69, 9.17) is 0 Å². The van der Waals surface area contributed by atoms with Gasteiger partial charge < -0.3 is 0 Å². The largest absolute Gasteiger partial charge is 0.0999 e. The zero-order valence-electron chi connectivity index (χ0n) is 10.3. The maximum Gasteiger partial charge on any atom is -0.0174 e. The van der Waals surface area contributed by atoms with Crippen LogP contribution in [0.15, 0.2) is 24.3 Å². The van der Waals surface area contributed by atoms with Gasteiger partial charge in [-0.1, -0.05) is 31.2 Å². The molecule has 0 nitrogen and oxygen atoms in total. The van der Waals surface area contributed by atoms with E-state index in [2.05, 4.69) is 27.0 Å². The quantitative estimate of drug-likeness (QED) is 0.548. The third-order valence-electron chi connectivity index (χ3n) is 4.72. The van der Waals surface area contributed by atoms with Crippen LogP contribution in [-0.4, -0.2) is 0 Å². The van der Waals surface area contributed by atoms with Crippen LogP contribution in [0.4, 0.5) is 0 Å². The third-order valence-corrected chi connectivity index (χ3v) is 4.72. The summed E-state index contributed by atoms with van der Waals surface area (Å²) in [5.74, 6) is 3.53. The second kappa shape index (κ2) is 4.15. The Labute approximate surface area is 94.5 Å². The molecule has 0 aromatic heterocycles. The first kappa shape index (κ1) is 11.0. The molecule has 15 heavy (non-hydrogen) atoms. The molecule has 4 atom stereocenters. The lowest BCUT2D eigenvalue weighted by Crippen LogP contribution is -2.36. The molecule has 0 N–H and O–H groups in total. The summed E-state index contributed by atoms with van der Waals surface area (Å²) < 4.78 is 0. The summed E-state index contributed by atoms with van der Waals surface area (Å²) in [4.78, 5) is 0. The molecule has 84 valence electrons. The van der Waals surface area contributed by atoms with Crippen molar-refractivity contribution < 1.29 is 0 Å². The lowest BCUT2D eigenvalue weighted by atomic mass is 9.59. The van der Waals surface area contributed by atoms with Crippen molar-refractivity contribution in [3.8, 4) is 0 Å². The zero-order valence-corrected chi connectivity index (χ0v) is 10.3. The van der Waals surface area contributed by atoms with Crippen LogP contribution in [0.3, 0.4) is 0 Å². The van der Waals surface area contributed by atoms with Crippen molar-refractivity contribution in [2.24, 2.45) is 23.7 Å². The van der Waals surface area contributed by atoms with Crippen LogP contribution in [0.2, 0.25) is 0 Å². The highest BCUT2D eigenvalue weighted by Gasteiger charge is 2.39. The van der Waals surface area contributed by atoms with Gasteiger partial charge in [-0.3, -0.25) is 0 Å². The lowest BCUT2D eigenvalue weighted by Gasteiger charge is -2.46. The molecule has 0 radical (unpaired) electrons. The molecule has 0 aromatic rings. The topological polar surface area (TPSA) is 0 Å². The van der Waals surface area contributed by atoms with Gasteiger partial charge >= 0.3 is 0 Å². The molecule has 0 aromatic carbocycles. The van der Waals surface area contributed by atoms with Gasteiger partial charge in [0.15, 0.2) is 0 Å². The van der Waals surface area contributed by atoms with Crippen molar-refractivity contribution >= 4 is 0 Å². The molecule has 2 aliphatic carbocycles. The maximum absolute atomic E-state index is 4.19. The van der Waals surface area contributed by atoms with Crippen molar-refractivity contribution in [1.82, 2.24) is 0 Å². The average molecular weight is 204 g/mol. The van der Waals surface area contributed by atoms with E-state index in [-0.39, 0.29) is 0 Å². The molecular weight excluding hydrogens is 180 g/mol. The van der Waals surface area contributed by atoms with Gasteiger partial charge in [0.1, 0.15) is 0 Å². The fourth-order valence-electron chi connectivity index (χ4n) is 3.80. The molecule has 2 fully saturated rings. The van der Waals surface area contributed by atoms with Gasteiger partial charge in [0.05, 0.1) is 0 Å². The van der Waals surface area contributed by atoms with Gasteiger partial charge in [-0.2, -0.15) is 0 Å². The van der Waals surface area contributed by atoms with E-state index < -0.39 is 0 Å². The van der Waals surface area contributed by atoms with Crippen LogP contribution >= 0.6 is 0 Å². The molecule has 0 unspecified atom stereocenters. The molecule has 2 aliphatic rings. The Kier molecular flexibility index (Phi) is 3.04. The van der Waals surface area contributed by atoms with Gasteiger partial charge in [0, 0.05) is 0 Å². The summed E-state index contributed by atoms with van der Waals surface area (Å²) in [5, 5.41) is 0. The molecule has 2 rings (SSSR count). The minimum atomic E-state index is 0.781. The molecule has 2 saturated carbocycles. The molecule has 0 bridgehead atoms. The van der Waals surface area contributed by atoms with Gasteiger partial charge in [-0.25, -0.2) is 0 Å². The van der Waals surface area contributed by atoms with Crippen LogP contribution < -0.4 is 0 Å². The van der Waals surface area contributed by atoms with E-state index in [1.165, 1.54) is 43.3 Å². The number of hydrogen-bond donors (Lipinski definition) is 0. The highest BCUT2D eigenvalue weighted by atomic mass is 14.4. The predicted octanol–water partition coefficient (Wildman–Crippen LogP) is 4.58. The van der Waals surface area contributed by atoms with Crippen LogP contribution in [-0.2, 0) is 0 Å². The Morgan fingerprint density at radius 1 is 1.20 bits per heavy atom. The third kappa shape index (κ3) is 2.04. The predicted molar refractivity (Wildman–Crippen MR) is 66.7 cm³/mol. The average Bonchev–Trinajstić information content (AvgIpc) is 2.17. The Morgan fingerprint density at radius 2 is 1.93 bits per heavy atom. The van der Waals surface area contributed by atoms with Gasteiger partial charge in [-0.05, 0) is 62.7 Å². The van der Waals surface area contributed by atoms with E-state index in [1.807, 2.05) is 0 Å². The van der Waals surface area contributed by atoms with Gasteiger partial charge in [0.2, 0.25) is 0 Å². The monoisotopic (exact) mass is 204 g/mol. The first-order valence-corrected chi connectivity index (χ1v) is 6.41. The standard InChI is InChI=1S/C15H24/c1-10(2)13-8-6-12(4)14-7-5-11(3)9-15(13)14/h12-15H,1,3,5-9H2,2,4H3/t12-,13+,14+,15-/m1/s1. The SMILES string of the molecule is C=C1CC[C@@H]2[C@H](C1)[C@H](C(=C)C)CC[C@H]2C. The van der Waals surface area contributed by atoms with Crippen molar-refractivity contribution in [2.75, 3.05) is 0 Å². The minimum Gasteiger partial charge on any atom is -0.0999 e. The smallest absolute Gasteiger partial charge is 0.0174 e. The summed E-state index contributed by atoms with van der Waals surface area (Å²) in [6, 6.07) is 0. The van der Waals surface area contributed by atoms with Crippen molar-refractivity contribution in [3.63, 3.8) is 0 Å². The molecule has 0 amide bonds. The lowest BCUT2D eigenvalue weighted by molar-refractivity contribution is 0.0935. The molecule has 0 spiro atoms. The number of hydrogen-bond acceptors (Lipinski definition) is 0. The number of allylic oxidation sites excluding steroid dienone is 2. The van der Waals surface area contributed by atoms with Gasteiger partial charge in [-0.15, -0.1) is 0 Å². The van der Waals surface area contributed by atoms with E-state index in [9.17, 15) is 0 Å². The van der Waals surface area contributed by atoms with Crippen molar-refractivity contribution in [3.05, 3.63) is 24.3 Å². The van der Waals surface area contributed by atoms with E-state index in [0.717, 1.165) is 23.7 Å². The van der Waals surface area contributed by atoms with E-state index in [0.29, 0.717) is 0 Å². The first-order chi connectivity index (χ1) is 7.09. The van der Waals surface area contributed by atoms with Crippen LogP contribution in [0.5, 0.6) is 0 Å². The Balaban J connectivity index is 2.17. The summed E-state index contributed by atoms with van der Waals surface area (Å²) in [6.07, 6.45) is 6.70. The Morgan fingerprint density at radius 3 is 2.60 bits per heavy atom. The second-order valence-electron chi connectivity index (χ2n) is 5.83. The van der Waals surface area contributed by atoms with E-state index >= 15 is 0 Å². The Bertz CT molecular complexity index is 274. The first-order valence-electron chi connectivity index (χ1n) is 6.41. The van der Waals surface area contributed by atoms with E-state index in [1.54, 1.807) is 0 Å². The summed E-state index contributed by atoms with van der Waals surface area (Å²) in [7, 11) is 0. The van der Waals surface area contributed by atoms with Crippen LogP contribution in [0.1, 0.15) is 46.0 Å². The van der Waals surface area contributed by atoms with Crippen molar-refractivity contribution in [2.45, 2.75) is 46.0 Å². The fourth-order valence-corrected chi connectivity index (χ4v) is 3.80. The molecule has 0 heteroatoms. The molecule has 0 saturated heterocycles.